The van der Waals surface area contributed by atoms with Crippen molar-refractivity contribution in [3.8, 4) is 0 Å². The van der Waals surface area contributed by atoms with E-state index in [0.29, 0.717) is 4.48 Å². The van der Waals surface area contributed by atoms with Crippen LogP contribution in [0.1, 0.15) is 219 Å². The van der Waals surface area contributed by atoms with E-state index in [1.165, 1.54) is 193 Å². The standard InChI is InChI=1S/C39H79NO2/c1-4-6-8-10-12-14-16-18-20-22-24-26-28-30-32-34-36-40(3,38-39(41)42)37-35-33-31-29-27-25-23-21-19-17-15-13-11-9-7-5-2/h38H,4-37H2,1-3H3,(H-,41,42). The fraction of sp³-hybridized carbons (Fsp3) is 0.949. The third-order valence-corrected chi connectivity index (χ3v) is 9.47. The first-order valence-electron chi connectivity index (χ1n) is 19.5. The molecule has 0 aromatic rings. The van der Waals surface area contributed by atoms with Crippen LogP contribution >= 0.6 is 0 Å². The lowest BCUT2D eigenvalue weighted by Crippen LogP contribution is -2.41. The van der Waals surface area contributed by atoms with Gasteiger partial charge in [-0.15, -0.1) is 0 Å². The Balaban J connectivity index is 3.62. The van der Waals surface area contributed by atoms with Crippen molar-refractivity contribution in [2.24, 2.45) is 0 Å². The molecule has 3 nitrogen and oxygen atoms in total. The highest BCUT2D eigenvalue weighted by Crippen LogP contribution is 2.17. The highest BCUT2D eigenvalue weighted by Gasteiger charge is 2.18. The van der Waals surface area contributed by atoms with Gasteiger partial charge in [0.05, 0.1) is 20.1 Å². The van der Waals surface area contributed by atoms with E-state index in [9.17, 15) is 10.2 Å². The average Bonchev–Trinajstić information content (AvgIpc) is 2.96. The van der Waals surface area contributed by atoms with Crippen LogP contribution in [0.4, 0.5) is 0 Å². The smallest absolute Gasteiger partial charge is 0.117 e. The van der Waals surface area contributed by atoms with Crippen molar-refractivity contribution >= 4 is 0 Å². The monoisotopic (exact) mass is 594 g/mol. The van der Waals surface area contributed by atoms with Gasteiger partial charge in [0.1, 0.15) is 12.1 Å². The van der Waals surface area contributed by atoms with Crippen molar-refractivity contribution in [3.63, 3.8) is 0 Å². The minimum atomic E-state index is -0.759. The predicted molar refractivity (Wildman–Crippen MR) is 186 cm³/mol. The Kier molecular flexibility index (Phi) is 32.6. The molecule has 0 aromatic carbocycles. The van der Waals surface area contributed by atoms with E-state index in [1.807, 2.05) is 0 Å². The first-order chi connectivity index (χ1) is 20.5. The van der Waals surface area contributed by atoms with Crippen LogP contribution < -0.4 is 5.11 Å². The first-order valence-corrected chi connectivity index (χ1v) is 19.5. The maximum atomic E-state index is 11.5. The molecule has 0 aliphatic rings. The number of quaternary nitrogens is 1. The molecule has 0 bridgehead atoms. The molecule has 42 heavy (non-hydrogen) atoms. The lowest BCUT2D eigenvalue weighted by Gasteiger charge is -2.31. The summed E-state index contributed by atoms with van der Waals surface area (Å²) in [6.45, 7) is 6.53. The quantitative estimate of drug-likeness (QED) is 0.0451. The van der Waals surface area contributed by atoms with E-state index in [1.54, 1.807) is 6.20 Å². The summed E-state index contributed by atoms with van der Waals surface area (Å²) >= 11 is 0. The minimum Gasteiger partial charge on any atom is -0.626 e. The van der Waals surface area contributed by atoms with Crippen LogP contribution in [0.25, 0.3) is 0 Å². The zero-order valence-corrected chi connectivity index (χ0v) is 29.4. The van der Waals surface area contributed by atoms with E-state index in [-0.39, 0.29) is 0 Å². The van der Waals surface area contributed by atoms with Crippen LogP contribution in [0, 0.1) is 0 Å². The Morgan fingerprint density at radius 1 is 0.405 bits per heavy atom. The van der Waals surface area contributed by atoms with E-state index < -0.39 is 5.95 Å². The highest BCUT2D eigenvalue weighted by atomic mass is 16.5. The van der Waals surface area contributed by atoms with Crippen LogP contribution in [-0.4, -0.2) is 29.7 Å². The molecule has 0 rings (SSSR count). The molecule has 0 radical (unpaired) electrons. The molecule has 0 saturated carbocycles. The van der Waals surface area contributed by atoms with Crippen LogP contribution in [0.15, 0.2) is 12.1 Å². The normalized spacial score (nSPS) is 12.4. The van der Waals surface area contributed by atoms with Crippen molar-refractivity contribution < 1.29 is 14.7 Å². The number of nitrogens with zero attached hydrogens (tertiary/aromatic N) is 1. The zero-order valence-electron chi connectivity index (χ0n) is 29.4. The maximum absolute atomic E-state index is 11.5. The van der Waals surface area contributed by atoms with Gasteiger partial charge in [0.2, 0.25) is 0 Å². The van der Waals surface area contributed by atoms with Gasteiger partial charge in [-0.25, -0.2) is 0 Å². The average molecular weight is 594 g/mol. The van der Waals surface area contributed by atoms with Crippen molar-refractivity contribution in [1.29, 1.82) is 0 Å². The number of aliphatic hydroxyl groups excluding tert-OH is 1. The summed E-state index contributed by atoms with van der Waals surface area (Å²) in [5.74, 6) is -0.759. The van der Waals surface area contributed by atoms with Crippen molar-refractivity contribution in [2.75, 3.05) is 20.1 Å². The molecule has 252 valence electrons. The number of aliphatic hydroxyl groups is 1. The Labute approximate surface area is 265 Å². The summed E-state index contributed by atoms with van der Waals surface area (Å²) in [7, 11) is 2.13. The van der Waals surface area contributed by atoms with Gasteiger partial charge in [-0.2, -0.15) is 0 Å². The Morgan fingerprint density at radius 3 is 0.786 bits per heavy atom. The number of unbranched alkanes of at least 4 members (excludes halogenated alkanes) is 30. The molecule has 0 atom stereocenters. The van der Waals surface area contributed by atoms with Gasteiger partial charge in [0, 0.05) is 0 Å². The summed E-state index contributed by atoms with van der Waals surface area (Å²) in [5.41, 5.74) is 0. The lowest BCUT2D eigenvalue weighted by atomic mass is 10.0. The Bertz CT molecular complexity index is 507. The molecule has 0 aliphatic heterocycles. The maximum Gasteiger partial charge on any atom is 0.117 e. The van der Waals surface area contributed by atoms with Crippen LogP contribution in [0.2, 0.25) is 0 Å². The van der Waals surface area contributed by atoms with Gasteiger partial charge in [-0.1, -0.05) is 194 Å². The SMILES string of the molecule is CCCCCCCCCCCCCCCCCC[N+](C)(C=C([O-])O)CCCCCCCCCCCCCCCCCC. The molecule has 0 unspecified atom stereocenters. The third-order valence-electron chi connectivity index (χ3n) is 9.47. The van der Waals surface area contributed by atoms with Crippen LogP contribution in [0.5, 0.6) is 0 Å². The number of rotatable bonds is 35. The fourth-order valence-corrected chi connectivity index (χ4v) is 6.55. The lowest BCUT2D eigenvalue weighted by molar-refractivity contribution is -0.863. The van der Waals surface area contributed by atoms with E-state index in [0.717, 1.165) is 25.9 Å². The first kappa shape index (κ1) is 41.3. The molecule has 0 aliphatic carbocycles. The summed E-state index contributed by atoms with van der Waals surface area (Å²) in [6, 6.07) is 0. The van der Waals surface area contributed by atoms with E-state index in [4.69, 9.17) is 0 Å². The summed E-state index contributed by atoms with van der Waals surface area (Å²) in [4.78, 5) is 0. The number of hydrogen-bond acceptors (Lipinski definition) is 2. The second-order valence-electron chi connectivity index (χ2n) is 14.0. The molecule has 0 amide bonds. The molecule has 0 aromatic heterocycles. The molecule has 3 heteroatoms. The highest BCUT2D eigenvalue weighted by molar-refractivity contribution is 4.68. The summed E-state index contributed by atoms with van der Waals surface area (Å²) < 4.78 is 0.604. The van der Waals surface area contributed by atoms with Gasteiger partial charge in [0.15, 0.2) is 0 Å². The largest absolute Gasteiger partial charge is 0.626 e. The van der Waals surface area contributed by atoms with Gasteiger partial charge < -0.3 is 10.2 Å². The van der Waals surface area contributed by atoms with Gasteiger partial charge in [-0.3, -0.25) is 4.48 Å². The summed E-state index contributed by atoms with van der Waals surface area (Å²) in [5, 5.41) is 20.9. The minimum absolute atomic E-state index is 0.604. The molecule has 0 spiro atoms. The topological polar surface area (TPSA) is 43.3 Å². The second-order valence-corrected chi connectivity index (χ2v) is 14.0. The molecule has 1 N–H and O–H groups in total. The van der Waals surface area contributed by atoms with Gasteiger partial charge >= 0.3 is 0 Å². The molecule has 0 saturated heterocycles. The number of hydrogen-bond donors (Lipinski definition) is 1. The Hall–Kier alpha value is -0.700. The fourth-order valence-electron chi connectivity index (χ4n) is 6.55. The molecule has 0 fully saturated rings. The summed E-state index contributed by atoms with van der Waals surface area (Å²) in [6.07, 6.45) is 45.7. The molecule has 0 heterocycles. The van der Waals surface area contributed by atoms with Crippen molar-refractivity contribution in [2.45, 2.75) is 219 Å². The third kappa shape index (κ3) is 32.2. The van der Waals surface area contributed by atoms with Gasteiger partial charge in [0.25, 0.3) is 0 Å². The second kappa shape index (κ2) is 33.2. The van der Waals surface area contributed by atoms with E-state index >= 15 is 0 Å². The van der Waals surface area contributed by atoms with Gasteiger partial charge in [-0.05, 0) is 25.7 Å². The molecular weight excluding hydrogens is 514 g/mol. The van der Waals surface area contributed by atoms with Crippen molar-refractivity contribution in [3.05, 3.63) is 12.1 Å². The van der Waals surface area contributed by atoms with Crippen LogP contribution in [0.3, 0.4) is 0 Å². The zero-order chi connectivity index (χ0) is 30.8. The van der Waals surface area contributed by atoms with Crippen molar-refractivity contribution in [1.82, 2.24) is 0 Å². The predicted octanol–water partition coefficient (Wildman–Crippen LogP) is 12.7. The molecular formula is C39H79NO2. The Morgan fingerprint density at radius 2 is 0.595 bits per heavy atom. The van der Waals surface area contributed by atoms with E-state index in [2.05, 4.69) is 20.9 Å². The van der Waals surface area contributed by atoms with Crippen LogP contribution in [-0.2, 0) is 0 Å².